The van der Waals surface area contributed by atoms with E-state index in [4.69, 9.17) is 5.11 Å². The van der Waals surface area contributed by atoms with Crippen LogP contribution < -0.4 is 0 Å². The molecule has 3 N–H and O–H groups in total. The first-order valence-electron chi connectivity index (χ1n) is 8.82. The Morgan fingerprint density at radius 2 is 1.27 bits per heavy atom. The zero-order valence-electron chi connectivity index (χ0n) is 14.0. The first-order valence-corrected chi connectivity index (χ1v) is 8.82. The average molecular weight is 314 g/mol. The summed E-state index contributed by atoms with van der Waals surface area (Å²) in [4.78, 5) is 10.3. The standard InChI is InChI=1S/C18H34O4/c1-2-3-4-8-11-16(19)14-15-17(20)12-9-6-5-7-10-13-18(21)22/h14-17,19-20H,2-13H2,1H3,(H,21,22). The molecule has 0 spiro atoms. The average Bonchev–Trinajstić information content (AvgIpc) is 2.48. The fraction of sp³-hybridized carbons (Fsp3) is 0.833. The van der Waals surface area contributed by atoms with E-state index in [2.05, 4.69) is 6.92 Å². The van der Waals surface area contributed by atoms with Crippen LogP contribution in [0.4, 0.5) is 0 Å². The normalized spacial score (nSPS) is 14.3. The molecule has 0 aliphatic heterocycles. The highest BCUT2D eigenvalue weighted by atomic mass is 16.4. The van der Waals surface area contributed by atoms with Gasteiger partial charge in [0.15, 0.2) is 0 Å². The van der Waals surface area contributed by atoms with Crippen molar-refractivity contribution < 1.29 is 20.1 Å². The molecule has 0 aliphatic carbocycles. The molecule has 4 nitrogen and oxygen atoms in total. The summed E-state index contributed by atoms with van der Waals surface area (Å²) in [5.41, 5.74) is 0. The SMILES string of the molecule is CCCCCCC(O)C=CC(O)CCCCCCCC(=O)O. The van der Waals surface area contributed by atoms with Gasteiger partial charge in [0, 0.05) is 6.42 Å². The Morgan fingerprint density at radius 1 is 0.818 bits per heavy atom. The third kappa shape index (κ3) is 15.5. The highest BCUT2D eigenvalue weighted by Gasteiger charge is 2.03. The quantitative estimate of drug-likeness (QED) is 0.315. The number of hydrogen-bond donors (Lipinski definition) is 3. The lowest BCUT2D eigenvalue weighted by molar-refractivity contribution is -0.137. The van der Waals surface area contributed by atoms with Crippen LogP contribution in [0.3, 0.4) is 0 Å². The highest BCUT2D eigenvalue weighted by Crippen LogP contribution is 2.11. The van der Waals surface area contributed by atoms with Gasteiger partial charge in [-0.1, -0.05) is 70.4 Å². The summed E-state index contributed by atoms with van der Waals surface area (Å²) in [5.74, 6) is -0.728. The Bertz CT molecular complexity index is 289. The van der Waals surface area contributed by atoms with Crippen molar-refractivity contribution in [3.63, 3.8) is 0 Å². The molecule has 0 aromatic heterocycles. The zero-order chi connectivity index (χ0) is 16.6. The molecule has 0 saturated carbocycles. The molecule has 0 aromatic rings. The smallest absolute Gasteiger partial charge is 0.303 e. The van der Waals surface area contributed by atoms with Crippen LogP contribution in [-0.4, -0.2) is 33.5 Å². The van der Waals surface area contributed by atoms with Crippen molar-refractivity contribution in [3.8, 4) is 0 Å². The van der Waals surface area contributed by atoms with Gasteiger partial charge in [-0.3, -0.25) is 4.79 Å². The topological polar surface area (TPSA) is 77.8 Å². The molecule has 0 bridgehead atoms. The summed E-state index contributed by atoms with van der Waals surface area (Å²) >= 11 is 0. The van der Waals surface area contributed by atoms with Gasteiger partial charge in [0.05, 0.1) is 12.2 Å². The minimum Gasteiger partial charge on any atom is -0.481 e. The van der Waals surface area contributed by atoms with Crippen molar-refractivity contribution in [2.75, 3.05) is 0 Å². The maximum Gasteiger partial charge on any atom is 0.303 e. The molecule has 0 fully saturated rings. The van der Waals surface area contributed by atoms with Gasteiger partial charge in [0.2, 0.25) is 0 Å². The third-order valence-electron chi connectivity index (χ3n) is 3.80. The highest BCUT2D eigenvalue weighted by molar-refractivity contribution is 5.66. The molecule has 0 rings (SSSR count). The predicted octanol–water partition coefficient (Wildman–Crippen LogP) is 4.05. The number of aliphatic hydroxyl groups is 2. The molecule has 0 amide bonds. The molecule has 2 unspecified atom stereocenters. The van der Waals surface area contributed by atoms with Crippen LogP contribution in [0, 0.1) is 0 Å². The van der Waals surface area contributed by atoms with Crippen LogP contribution in [0.5, 0.6) is 0 Å². The van der Waals surface area contributed by atoms with Crippen LogP contribution in [-0.2, 0) is 4.79 Å². The van der Waals surface area contributed by atoms with Gasteiger partial charge in [0.25, 0.3) is 0 Å². The van der Waals surface area contributed by atoms with Crippen LogP contribution in [0.15, 0.2) is 12.2 Å². The van der Waals surface area contributed by atoms with Crippen molar-refractivity contribution in [2.45, 2.75) is 96.2 Å². The molecule has 0 heterocycles. The van der Waals surface area contributed by atoms with E-state index in [0.29, 0.717) is 6.42 Å². The zero-order valence-corrected chi connectivity index (χ0v) is 14.0. The maximum absolute atomic E-state index is 10.3. The van der Waals surface area contributed by atoms with E-state index in [1.807, 2.05) is 0 Å². The van der Waals surface area contributed by atoms with E-state index < -0.39 is 18.2 Å². The van der Waals surface area contributed by atoms with Gasteiger partial charge in [-0.25, -0.2) is 0 Å². The maximum atomic E-state index is 10.3. The van der Waals surface area contributed by atoms with Crippen molar-refractivity contribution in [3.05, 3.63) is 12.2 Å². The van der Waals surface area contributed by atoms with E-state index in [0.717, 1.165) is 51.4 Å². The molecule has 22 heavy (non-hydrogen) atoms. The number of aliphatic hydroxyl groups excluding tert-OH is 2. The fourth-order valence-corrected chi connectivity index (χ4v) is 2.39. The summed E-state index contributed by atoms with van der Waals surface area (Å²) in [5, 5.41) is 28.1. The van der Waals surface area contributed by atoms with Crippen LogP contribution >= 0.6 is 0 Å². The van der Waals surface area contributed by atoms with Crippen molar-refractivity contribution in [2.24, 2.45) is 0 Å². The number of carboxylic acid groups (broad SMARTS) is 1. The predicted molar refractivity (Wildman–Crippen MR) is 89.9 cm³/mol. The van der Waals surface area contributed by atoms with E-state index in [1.54, 1.807) is 12.2 Å². The first-order chi connectivity index (χ1) is 10.6. The first kappa shape index (κ1) is 21.1. The van der Waals surface area contributed by atoms with E-state index in [9.17, 15) is 15.0 Å². The molecular formula is C18H34O4. The number of carboxylic acids is 1. The van der Waals surface area contributed by atoms with Crippen LogP contribution in [0.1, 0.15) is 84.0 Å². The summed E-state index contributed by atoms with van der Waals surface area (Å²) in [6.45, 7) is 2.17. The minimum atomic E-state index is -0.728. The third-order valence-corrected chi connectivity index (χ3v) is 3.80. The number of carbonyl (C=O) groups is 1. The minimum absolute atomic E-state index is 0.251. The number of unbranched alkanes of at least 4 members (excludes halogenated alkanes) is 7. The molecular weight excluding hydrogens is 280 g/mol. The Morgan fingerprint density at radius 3 is 1.77 bits per heavy atom. The van der Waals surface area contributed by atoms with Crippen molar-refractivity contribution in [1.82, 2.24) is 0 Å². The number of rotatable bonds is 15. The van der Waals surface area contributed by atoms with E-state index in [-0.39, 0.29) is 6.42 Å². The lowest BCUT2D eigenvalue weighted by Gasteiger charge is -2.08. The van der Waals surface area contributed by atoms with Gasteiger partial charge in [0.1, 0.15) is 0 Å². The van der Waals surface area contributed by atoms with Crippen molar-refractivity contribution >= 4 is 5.97 Å². The number of hydrogen-bond acceptors (Lipinski definition) is 3. The summed E-state index contributed by atoms with van der Waals surface area (Å²) in [7, 11) is 0. The lowest BCUT2D eigenvalue weighted by atomic mass is 10.1. The molecule has 0 aromatic carbocycles. The second kappa shape index (κ2) is 15.0. The van der Waals surface area contributed by atoms with E-state index >= 15 is 0 Å². The van der Waals surface area contributed by atoms with Gasteiger partial charge >= 0.3 is 5.97 Å². The molecule has 0 saturated heterocycles. The Kier molecular flexibility index (Phi) is 14.4. The summed E-state index contributed by atoms with van der Waals surface area (Å²) in [6, 6.07) is 0. The monoisotopic (exact) mass is 314 g/mol. The van der Waals surface area contributed by atoms with Crippen molar-refractivity contribution in [1.29, 1.82) is 0 Å². The molecule has 130 valence electrons. The van der Waals surface area contributed by atoms with Crippen LogP contribution in [0.25, 0.3) is 0 Å². The van der Waals surface area contributed by atoms with Crippen LogP contribution in [0.2, 0.25) is 0 Å². The molecule has 4 heteroatoms. The fourth-order valence-electron chi connectivity index (χ4n) is 2.39. The van der Waals surface area contributed by atoms with Gasteiger partial charge in [-0.05, 0) is 19.3 Å². The molecule has 2 atom stereocenters. The summed E-state index contributed by atoms with van der Waals surface area (Å²) in [6.07, 6.45) is 13.5. The van der Waals surface area contributed by atoms with Gasteiger partial charge in [-0.15, -0.1) is 0 Å². The Hall–Kier alpha value is -0.870. The number of aliphatic carboxylic acids is 1. The van der Waals surface area contributed by atoms with Gasteiger partial charge in [-0.2, -0.15) is 0 Å². The molecule has 0 aliphatic rings. The van der Waals surface area contributed by atoms with E-state index in [1.165, 1.54) is 12.8 Å². The second-order valence-electron chi connectivity index (χ2n) is 6.07. The summed E-state index contributed by atoms with van der Waals surface area (Å²) < 4.78 is 0. The Labute approximate surface area is 135 Å². The van der Waals surface area contributed by atoms with Gasteiger partial charge < -0.3 is 15.3 Å². The lowest BCUT2D eigenvalue weighted by Crippen LogP contribution is -2.06. The molecule has 0 radical (unpaired) electrons. The Balaban J connectivity index is 3.49. The second-order valence-corrected chi connectivity index (χ2v) is 6.07. The largest absolute Gasteiger partial charge is 0.481 e.